The number of hydrogen-bond donors (Lipinski definition) is 2. The van der Waals surface area contributed by atoms with Crippen molar-refractivity contribution >= 4 is 23.2 Å². The van der Waals surface area contributed by atoms with Gasteiger partial charge in [-0.05, 0) is 31.2 Å². The highest BCUT2D eigenvalue weighted by Gasteiger charge is 2.25. The third kappa shape index (κ3) is 4.20. The number of halogens is 1. The summed E-state index contributed by atoms with van der Waals surface area (Å²) in [7, 11) is 0. The van der Waals surface area contributed by atoms with Gasteiger partial charge in [0.2, 0.25) is 5.91 Å². The molecule has 1 aliphatic rings. The number of nitrogens with one attached hydrogen (secondary N) is 2. The molecule has 0 saturated carbocycles. The number of amides is 1. The number of hydrogen-bond acceptors (Lipinski definition) is 3. The van der Waals surface area contributed by atoms with E-state index in [0.717, 1.165) is 31.7 Å². The van der Waals surface area contributed by atoms with Gasteiger partial charge in [0.05, 0.1) is 6.54 Å². The predicted octanol–water partition coefficient (Wildman–Crippen LogP) is 1.96. The maximum Gasteiger partial charge on any atom is 0.238 e. The Morgan fingerprint density at radius 1 is 1.53 bits per heavy atom. The summed E-state index contributed by atoms with van der Waals surface area (Å²) in [6.45, 7) is 5.48. The van der Waals surface area contributed by atoms with E-state index in [2.05, 4.69) is 22.5 Å². The molecule has 1 saturated heterocycles. The Morgan fingerprint density at radius 2 is 2.32 bits per heavy atom. The number of carbonyl (C=O) groups is 1. The van der Waals surface area contributed by atoms with Gasteiger partial charge in [0.15, 0.2) is 0 Å². The van der Waals surface area contributed by atoms with E-state index in [1.54, 1.807) is 12.1 Å². The van der Waals surface area contributed by atoms with E-state index < -0.39 is 0 Å². The fourth-order valence-electron chi connectivity index (χ4n) is 2.16. The van der Waals surface area contributed by atoms with Crippen molar-refractivity contribution < 1.29 is 4.79 Å². The van der Waals surface area contributed by atoms with Gasteiger partial charge < -0.3 is 10.6 Å². The lowest BCUT2D eigenvalue weighted by Gasteiger charge is -2.37. The minimum atomic E-state index is 0.0163. The van der Waals surface area contributed by atoms with Crippen LogP contribution in [0, 0.1) is 0 Å². The lowest BCUT2D eigenvalue weighted by molar-refractivity contribution is -0.118. The Labute approximate surface area is 119 Å². The van der Waals surface area contributed by atoms with Gasteiger partial charge in [0.1, 0.15) is 0 Å². The molecule has 1 fully saturated rings. The van der Waals surface area contributed by atoms with Gasteiger partial charge in [-0.3, -0.25) is 9.69 Å². The molecule has 0 radical (unpaired) electrons. The summed E-state index contributed by atoms with van der Waals surface area (Å²) < 4.78 is 0. The molecule has 0 spiro atoms. The van der Waals surface area contributed by atoms with E-state index in [1.807, 2.05) is 12.1 Å². The van der Waals surface area contributed by atoms with Gasteiger partial charge in [-0.2, -0.15) is 0 Å². The molecule has 0 bridgehead atoms. The minimum Gasteiger partial charge on any atom is -0.325 e. The molecule has 0 unspecified atom stereocenters. The SMILES string of the molecule is CCCN(CC(=O)Nc1cccc(Cl)c1)C1CNC1. The summed E-state index contributed by atoms with van der Waals surface area (Å²) in [4.78, 5) is 14.3. The van der Waals surface area contributed by atoms with Gasteiger partial charge in [0.25, 0.3) is 0 Å². The van der Waals surface area contributed by atoms with Gasteiger partial charge in [0, 0.05) is 29.8 Å². The molecule has 1 aliphatic heterocycles. The first-order valence-electron chi connectivity index (χ1n) is 6.69. The second-order valence-electron chi connectivity index (χ2n) is 4.84. The van der Waals surface area contributed by atoms with Crippen molar-refractivity contribution in [2.75, 3.05) is 31.5 Å². The summed E-state index contributed by atoms with van der Waals surface area (Å²) in [6, 6.07) is 7.72. The lowest BCUT2D eigenvalue weighted by Crippen LogP contribution is -2.58. The zero-order valence-electron chi connectivity index (χ0n) is 11.2. The highest BCUT2D eigenvalue weighted by atomic mass is 35.5. The quantitative estimate of drug-likeness (QED) is 0.838. The molecular formula is C14H20ClN3O. The highest BCUT2D eigenvalue weighted by Crippen LogP contribution is 2.15. The molecule has 19 heavy (non-hydrogen) atoms. The summed E-state index contributed by atoms with van der Waals surface area (Å²) >= 11 is 5.90. The molecule has 0 aromatic heterocycles. The summed E-state index contributed by atoms with van der Waals surface area (Å²) in [5.74, 6) is 0.0163. The number of carbonyl (C=O) groups excluding carboxylic acids is 1. The van der Waals surface area contributed by atoms with E-state index in [-0.39, 0.29) is 5.91 Å². The predicted molar refractivity (Wildman–Crippen MR) is 78.6 cm³/mol. The Bertz CT molecular complexity index is 434. The van der Waals surface area contributed by atoms with Crippen molar-refractivity contribution in [2.45, 2.75) is 19.4 Å². The van der Waals surface area contributed by atoms with E-state index >= 15 is 0 Å². The Balaban J connectivity index is 1.88. The molecule has 1 aromatic carbocycles. The van der Waals surface area contributed by atoms with E-state index in [4.69, 9.17) is 11.6 Å². The van der Waals surface area contributed by atoms with Crippen LogP contribution >= 0.6 is 11.6 Å². The number of rotatable bonds is 6. The highest BCUT2D eigenvalue weighted by molar-refractivity contribution is 6.30. The molecule has 104 valence electrons. The van der Waals surface area contributed by atoms with Crippen LogP contribution in [0.1, 0.15) is 13.3 Å². The zero-order valence-corrected chi connectivity index (χ0v) is 11.9. The fraction of sp³-hybridized carbons (Fsp3) is 0.500. The van der Waals surface area contributed by atoms with Crippen LogP contribution in [0.3, 0.4) is 0 Å². The first kappa shape index (κ1) is 14.3. The van der Waals surface area contributed by atoms with Crippen LogP contribution in [0.5, 0.6) is 0 Å². The molecule has 2 N–H and O–H groups in total. The standard InChI is InChI=1S/C14H20ClN3O/c1-2-6-18(13-8-16-9-13)10-14(19)17-12-5-3-4-11(15)7-12/h3-5,7,13,16H,2,6,8-10H2,1H3,(H,17,19). The van der Waals surface area contributed by atoms with Crippen molar-refractivity contribution in [2.24, 2.45) is 0 Å². The third-order valence-electron chi connectivity index (χ3n) is 3.24. The molecule has 4 nitrogen and oxygen atoms in total. The van der Waals surface area contributed by atoms with Crippen molar-refractivity contribution in [3.8, 4) is 0 Å². The van der Waals surface area contributed by atoms with Crippen LogP contribution in [0.2, 0.25) is 5.02 Å². The van der Waals surface area contributed by atoms with Crippen LogP contribution in [0.4, 0.5) is 5.69 Å². The molecule has 0 atom stereocenters. The maximum absolute atomic E-state index is 12.0. The Kier molecular flexibility index (Phi) is 5.19. The van der Waals surface area contributed by atoms with Crippen LogP contribution in [0.25, 0.3) is 0 Å². The third-order valence-corrected chi connectivity index (χ3v) is 3.48. The summed E-state index contributed by atoms with van der Waals surface area (Å²) in [6.07, 6.45) is 1.06. The molecule has 0 aliphatic carbocycles. The molecule has 1 heterocycles. The fourth-order valence-corrected chi connectivity index (χ4v) is 2.35. The summed E-state index contributed by atoms with van der Waals surface area (Å²) in [5.41, 5.74) is 0.751. The Morgan fingerprint density at radius 3 is 2.89 bits per heavy atom. The van der Waals surface area contributed by atoms with E-state index in [0.29, 0.717) is 17.6 Å². The maximum atomic E-state index is 12.0. The number of anilines is 1. The smallest absolute Gasteiger partial charge is 0.238 e. The van der Waals surface area contributed by atoms with Crippen molar-refractivity contribution in [1.82, 2.24) is 10.2 Å². The largest absolute Gasteiger partial charge is 0.325 e. The van der Waals surface area contributed by atoms with Gasteiger partial charge in [-0.15, -0.1) is 0 Å². The molecule has 5 heteroatoms. The average Bonchev–Trinajstić information content (AvgIpc) is 2.26. The molecule has 1 aromatic rings. The minimum absolute atomic E-state index is 0.0163. The molecule has 1 amide bonds. The topological polar surface area (TPSA) is 44.4 Å². The molecule has 2 rings (SSSR count). The summed E-state index contributed by atoms with van der Waals surface area (Å²) in [5, 5.41) is 6.76. The second-order valence-corrected chi connectivity index (χ2v) is 5.28. The van der Waals surface area contributed by atoms with Crippen LogP contribution in [0.15, 0.2) is 24.3 Å². The molecular weight excluding hydrogens is 262 g/mol. The van der Waals surface area contributed by atoms with Crippen molar-refractivity contribution in [3.63, 3.8) is 0 Å². The van der Waals surface area contributed by atoms with Crippen LogP contribution < -0.4 is 10.6 Å². The van der Waals surface area contributed by atoms with E-state index in [9.17, 15) is 4.79 Å². The van der Waals surface area contributed by atoms with Gasteiger partial charge in [-0.1, -0.05) is 24.6 Å². The zero-order chi connectivity index (χ0) is 13.7. The second kappa shape index (κ2) is 6.89. The normalized spacial score (nSPS) is 15.3. The average molecular weight is 282 g/mol. The lowest BCUT2D eigenvalue weighted by atomic mass is 10.1. The van der Waals surface area contributed by atoms with Crippen LogP contribution in [-0.2, 0) is 4.79 Å². The number of benzene rings is 1. The first-order valence-corrected chi connectivity index (χ1v) is 7.07. The van der Waals surface area contributed by atoms with Gasteiger partial charge in [-0.25, -0.2) is 0 Å². The van der Waals surface area contributed by atoms with Crippen molar-refractivity contribution in [1.29, 1.82) is 0 Å². The number of nitrogens with zero attached hydrogens (tertiary/aromatic N) is 1. The monoisotopic (exact) mass is 281 g/mol. The first-order chi connectivity index (χ1) is 9.19. The van der Waals surface area contributed by atoms with Gasteiger partial charge >= 0.3 is 0 Å². The van der Waals surface area contributed by atoms with Crippen LogP contribution in [-0.4, -0.2) is 43.0 Å². The van der Waals surface area contributed by atoms with Crippen molar-refractivity contribution in [3.05, 3.63) is 29.3 Å². The Hall–Kier alpha value is -1.10. The van der Waals surface area contributed by atoms with E-state index in [1.165, 1.54) is 0 Å².